The van der Waals surface area contributed by atoms with E-state index in [-0.39, 0.29) is 23.7 Å². The van der Waals surface area contributed by atoms with Crippen molar-refractivity contribution in [2.45, 2.75) is 50.4 Å². The molecule has 0 radical (unpaired) electrons. The Morgan fingerprint density at radius 2 is 1.84 bits per heavy atom. The molecule has 2 fully saturated rings. The molecule has 0 aromatic heterocycles. The fraction of sp³-hybridized carbons (Fsp3) is 0.478. The second-order valence-electron chi connectivity index (χ2n) is 8.60. The van der Waals surface area contributed by atoms with E-state index in [1.165, 1.54) is 17.9 Å². The summed E-state index contributed by atoms with van der Waals surface area (Å²) in [5, 5.41) is 10.7. The number of aliphatic hydroxyl groups excluding tert-OH is 1. The van der Waals surface area contributed by atoms with Crippen molar-refractivity contribution < 1.29 is 26.7 Å². The van der Waals surface area contributed by atoms with Crippen LogP contribution in [0.2, 0.25) is 0 Å². The Morgan fingerprint density at radius 1 is 1.16 bits per heavy atom. The first-order valence-corrected chi connectivity index (χ1v) is 12.4. The Morgan fingerprint density at radius 3 is 2.47 bits per heavy atom. The molecule has 1 aliphatic heterocycles. The lowest BCUT2D eigenvalue weighted by atomic mass is 9.95. The van der Waals surface area contributed by atoms with Crippen LogP contribution in [-0.4, -0.2) is 55.0 Å². The second-order valence-corrected chi connectivity index (χ2v) is 10.6. The summed E-state index contributed by atoms with van der Waals surface area (Å²) >= 11 is 0. The molecule has 9 heteroatoms. The van der Waals surface area contributed by atoms with Crippen molar-refractivity contribution in [3.63, 3.8) is 0 Å². The van der Waals surface area contributed by atoms with Crippen molar-refractivity contribution in [3.8, 4) is 11.1 Å². The molecule has 1 heterocycles. The summed E-state index contributed by atoms with van der Waals surface area (Å²) in [7, 11) is -3.95. The van der Waals surface area contributed by atoms with Crippen LogP contribution in [0.15, 0.2) is 48.5 Å². The molecule has 0 bridgehead atoms. The van der Waals surface area contributed by atoms with E-state index in [0.29, 0.717) is 11.1 Å². The van der Waals surface area contributed by atoms with Gasteiger partial charge in [-0.25, -0.2) is 26.3 Å². The zero-order chi connectivity index (χ0) is 23.1. The monoisotopic (exact) mass is 468 g/mol. The van der Waals surface area contributed by atoms with Crippen LogP contribution < -0.4 is 4.72 Å². The van der Waals surface area contributed by atoms with Gasteiger partial charge in [-0.1, -0.05) is 48.5 Å². The molecule has 3 atom stereocenters. The van der Waals surface area contributed by atoms with Crippen LogP contribution in [0.1, 0.15) is 25.3 Å². The lowest BCUT2D eigenvalue weighted by molar-refractivity contribution is -0.0475. The number of likely N-dealkylation sites (tertiary alicyclic amines) is 1. The van der Waals surface area contributed by atoms with E-state index < -0.39 is 46.6 Å². The van der Waals surface area contributed by atoms with Gasteiger partial charge in [-0.05, 0) is 43.2 Å². The Balaban J connectivity index is 1.70. The standard InChI is InChI=1S/C23H27F3N2O3S/c1-2-32(30,31)27-21-19(28(14-23(21,25)26)22(29)16-11-12-16)13-17-9-6-10-18(20(17)24)15-7-4-3-5-8-15/h3-10,16,19,21-22,27,29H,2,11-14H2,1H3/t19-,21+,22?/m0/s1. The van der Waals surface area contributed by atoms with Gasteiger partial charge in [0.15, 0.2) is 0 Å². The molecule has 1 saturated carbocycles. The van der Waals surface area contributed by atoms with E-state index in [0.717, 1.165) is 12.8 Å². The highest BCUT2D eigenvalue weighted by Gasteiger charge is 2.58. The van der Waals surface area contributed by atoms with Gasteiger partial charge in [0.05, 0.1) is 12.3 Å². The molecule has 2 aromatic rings. The number of hydrogen-bond donors (Lipinski definition) is 2. The fourth-order valence-electron chi connectivity index (χ4n) is 4.37. The van der Waals surface area contributed by atoms with Gasteiger partial charge in [0.25, 0.3) is 5.92 Å². The molecule has 5 nitrogen and oxygen atoms in total. The topological polar surface area (TPSA) is 69.6 Å². The number of sulfonamides is 1. The van der Waals surface area contributed by atoms with E-state index in [1.807, 2.05) is 6.07 Å². The van der Waals surface area contributed by atoms with Crippen LogP contribution in [-0.2, 0) is 16.4 Å². The number of benzene rings is 2. The largest absolute Gasteiger partial charge is 0.378 e. The molecular formula is C23H27F3N2O3S. The summed E-state index contributed by atoms with van der Waals surface area (Å²) in [6.07, 6.45) is 0.156. The smallest absolute Gasteiger partial charge is 0.278 e. The van der Waals surface area contributed by atoms with E-state index in [9.17, 15) is 22.3 Å². The van der Waals surface area contributed by atoms with Crippen molar-refractivity contribution in [1.82, 2.24) is 9.62 Å². The Hall–Kier alpha value is -1.94. The van der Waals surface area contributed by atoms with Crippen molar-refractivity contribution >= 4 is 10.0 Å². The van der Waals surface area contributed by atoms with Crippen molar-refractivity contribution in [2.75, 3.05) is 12.3 Å². The maximum atomic E-state index is 15.4. The van der Waals surface area contributed by atoms with Gasteiger partial charge >= 0.3 is 0 Å². The Bertz CT molecular complexity index is 1060. The SMILES string of the molecule is CCS(=O)(=O)N[C@@H]1[C@H](Cc2cccc(-c3ccccc3)c2F)N(C(O)C2CC2)CC1(F)F. The first kappa shape index (κ1) is 23.2. The van der Waals surface area contributed by atoms with Gasteiger partial charge in [-0.2, -0.15) is 0 Å². The molecule has 2 N–H and O–H groups in total. The third-order valence-electron chi connectivity index (χ3n) is 6.32. The molecule has 1 unspecified atom stereocenters. The molecule has 1 saturated heterocycles. The summed E-state index contributed by atoms with van der Waals surface area (Å²) in [4.78, 5) is 1.25. The molecule has 2 aromatic carbocycles. The number of alkyl halides is 2. The van der Waals surface area contributed by atoms with Crippen LogP contribution in [0, 0.1) is 11.7 Å². The highest BCUT2D eigenvalue weighted by molar-refractivity contribution is 7.89. The van der Waals surface area contributed by atoms with Gasteiger partial charge in [0.1, 0.15) is 18.1 Å². The lowest BCUT2D eigenvalue weighted by Gasteiger charge is -2.31. The van der Waals surface area contributed by atoms with Crippen LogP contribution in [0.5, 0.6) is 0 Å². The Kier molecular flexibility index (Phi) is 6.37. The highest BCUT2D eigenvalue weighted by atomic mass is 32.2. The summed E-state index contributed by atoms with van der Waals surface area (Å²) < 4.78 is 71.9. The van der Waals surface area contributed by atoms with E-state index >= 15 is 4.39 Å². The van der Waals surface area contributed by atoms with Gasteiger partial charge < -0.3 is 5.11 Å². The summed E-state index contributed by atoms with van der Waals surface area (Å²) in [5.41, 5.74) is 1.19. The number of nitrogens with zero attached hydrogens (tertiary/aromatic N) is 1. The Labute approximate surface area is 186 Å². The molecule has 174 valence electrons. The number of rotatable bonds is 8. The van der Waals surface area contributed by atoms with Crippen molar-refractivity contribution in [1.29, 1.82) is 0 Å². The predicted molar refractivity (Wildman–Crippen MR) is 116 cm³/mol. The first-order valence-electron chi connectivity index (χ1n) is 10.8. The molecule has 32 heavy (non-hydrogen) atoms. The highest BCUT2D eigenvalue weighted by Crippen LogP contribution is 2.42. The molecule has 2 aliphatic rings. The summed E-state index contributed by atoms with van der Waals surface area (Å²) in [6, 6.07) is 10.8. The minimum atomic E-state index is -3.95. The van der Waals surface area contributed by atoms with Gasteiger partial charge in [0, 0.05) is 11.6 Å². The van der Waals surface area contributed by atoms with Gasteiger partial charge in [-0.3, -0.25) is 4.90 Å². The third kappa shape index (κ3) is 4.71. The fourth-order valence-corrected chi connectivity index (χ4v) is 5.25. The maximum Gasteiger partial charge on any atom is 0.278 e. The number of aliphatic hydroxyl groups is 1. The van der Waals surface area contributed by atoms with E-state index in [2.05, 4.69) is 4.72 Å². The van der Waals surface area contributed by atoms with Crippen molar-refractivity contribution in [2.24, 2.45) is 5.92 Å². The number of halogens is 3. The molecule has 4 rings (SSSR count). The minimum Gasteiger partial charge on any atom is -0.378 e. The van der Waals surface area contributed by atoms with Crippen LogP contribution >= 0.6 is 0 Å². The molecule has 0 amide bonds. The van der Waals surface area contributed by atoms with Crippen molar-refractivity contribution in [3.05, 3.63) is 59.9 Å². The first-order chi connectivity index (χ1) is 15.1. The minimum absolute atomic E-state index is 0.129. The van der Waals surface area contributed by atoms with Crippen LogP contribution in [0.4, 0.5) is 13.2 Å². The molecule has 0 spiro atoms. The predicted octanol–water partition coefficient (Wildman–Crippen LogP) is 3.39. The second kappa shape index (κ2) is 8.78. The third-order valence-corrected chi connectivity index (χ3v) is 7.69. The van der Waals surface area contributed by atoms with Crippen LogP contribution in [0.3, 0.4) is 0 Å². The molecule has 1 aliphatic carbocycles. The van der Waals surface area contributed by atoms with Gasteiger partial charge in [-0.15, -0.1) is 0 Å². The molecular weight excluding hydrogens is 441 g/mol. The number of hydrogen-bond acceptors (Lipinski definition) is 4. The van der Waals surface area contributed by atoms with Gasteiger partial charge in [0.2, 0.25) is 10.0 Å². The van der Waals surface area contributed by atoms with E-state index in [4.69, 9.17) is 0 Å². The zero-order valence-corrected chi connectivity index (χ0v) is 18.5. The average Bonchev–Trinajstić information content (AvgIpc) is 3.58. The average molecular weight is 469 g/mol. The normalized spacial score (nSPS) is 24.5. The lowest BCUT2D eigenvalue weighted by Crippen LogP contribution is -2.53. The zero-order valence-electron chi connectivity index (χ0n) is 17.7. The summed E-state index contributed by atoms with van der Waals surface area (Å²) in [6.45, 7) is 0.580. The van der Waals surface area contributed by atoms with Crippen LogP contribution in [0.25, 0.3) is 11.1 Å². The quantitative estimate of drug-likeness (QED) is 0.623. The van der Waals surface area contributed by atoms with E-state index in [1.54, 1.807) is 36.4 Å². The number of nitrogens with one attached hydrogen (secondary N) is 1. The summed E-state index contributed by atoms with van der Waals surface area (Å²) in [5.74, 6) is -4.42. The maximum absolute atomic E-state index is 15.4.